The second-order valence-electron chi connectivity index (χ2n) is 7.86. The highest BCUT2D eigenvalue weighted by Gasteiger charge is 2.33. The predicted molar refractivity (Wildman–Crippen MR) is 128 cm³/mol. The maximum Gasteiger partial charge on any atom is 0.231 e. The molecule has 2 aliphatic heterocycles. The number of hydrogen-bond donors (Lipinski definition) is 0. The van der Waals surface area contributed by atoms with E-state index in [1.54, 1.807) is 26.4 Å². The molecule has 3 aromatic rings. The van der Waals surface area contributed by atoms with Crippen molar-refractivity contribution in [2.75, 3.05) is 21.0 Å². The number of nitrogens with zero attached hydrogens (tertiary/aromatic N) is 1. The zero-order valence-corrected chi connectivity index (χ0v) is 19.8. The zero-order chi connectivity index (χ0) is 22.9. The minimum atomic E-state index is -0.121. The second-order valence-corrected chi connectivity index (χ2v) is 8.78. The first-order valence-electron chi connectivity index (χ1n) is 10.5. The third-order valence-electron chi connectivity index (χ3n) is 5.68. The molecule has 0 aliphatic carbocycles. The van der Waals surface area contributed by atoms with Crippen LogP contribution in [0.1, 0.15) is 27.0 Å². The van der Waals surface area contributed by atoms with Crippen molar-refractivity contribution in [2.45, 2.75) is 13.1 Å². The Morgan fingerprint density at radius 2 is 1.91 bits per heavy atom. The van der Waals surface area contributed by atoms with Gasteiger partial charge in [0.25, 0.3) is 0 Å². The summed E-state index contributed by atoms with van der Waals surface area (Å²) in [5.74, 6) is 2.89. The summed E-state index contributed by atoms with van der Waals surface area (Å²) in [6.07, 6.45) is 1.77. The van der Waals surface area contributed by atoms with Gasteiger partial charge in [-0.3, -0.25) is 9.69 Å². The van der Waals surface area contributed by atoms with Crippen LogP contribution in [0.25, 0.3) is 6.08 Å². The lowest BCUT2D eigenvalue weighted by atomic mass is 10.0. The van der Waals surface area contributed by atoms with Crippen LogP contribution in [0.2, 0.25) is 0 Å². The Morgan fingerprint density at radius 3 is 2.70 bits per heavy atom. The van der Waals surface area contributed by atoms with Gasteiger partial charge in [-0.25, -0.2) is 0 Å². The Hall–Kier alpha value is -3.29. The predicted octanol–water partition coefficient (Wildman–Crippen LogP) is 5.43. The summed E-state index contributed by atoms with van der Waals surface area (Å²) in [6.45, 7) is 1.69. The van der Waals surface area contributed by atoms with Gasteiger partial charge in [-0.15, -0.1) is 0 Å². The first-order valence-corrected chi connectivity index (χ1v) is 11.3. The SMILES string of the molecule is COc1ccc(CN2COc3ccc4c(c3C2)O/C(=C\c2cccc(Br)c2)C4=O)cc1OC. The van der Waals surface area contributed by atoms with Crippen molar-refractivity contribution in [1.82, 2.24) is 4.90 Å². The Balaban J connectivity index is 1.40. The first kappa shape index (κ1) is 21.6. The molecular formula is C26H22BrNO5. The summed E-state index contributed by atoms with van der Waals surface area (Å²) in [5, 5.41) is 0. The van der Waals surface area contributed by atoms with Crippen molar-refractivity contribution in [3.8, 4) is 23.0 Å². The third kappa shape index (κ3) is 4.21. The summed E-state index contributed by atoms with van der Waals surface area (Å²) in [7, 11) is 3.24. The van der Waals surface area contributed by atoms with Crippen LogP contribution in [-0.4, -0.2) is 31.6 Å². The number of ketones is 1. The van der Waals surface area contributed by atoms with Crippen molar-refractivity contribution >= 4 is 27.8 Å². The fourth-order valence-electron chi connectivity index (χ4n) is 4.09. The van der Waals surface area contributed by atoms with Crippen molar-refractivity contribution in [2.24, 2.45) is 0 Å². The molecule has 0 fully saturated rings. The number of carbonyl (C=O) groups is 1. The van der Waals surface area contributed by atoms with E-state index in [1.165, 1.54) is 0 Å². The lowest BCUT2D eigenvalue weighted by molar-refractivity contribution is 0.0872. The number of fused-ring (bicyclic) bond motifs is 3. The number of methoxy groups -OCH3 is 2. The minimum Gasteiger partial charge on any atom is -0.493 e. The van der Waals surface area contributed by atoms with E-state index < -0.39 is 0 Å². The summed E-state index contributed by atoms with van der Waals surface area (Å²) in [6, 6.07) is 17.2. The van der Waals surface area contributed by atoms with Gasteiger partial charge in [0.2, 0.25) is 5.78 Å². The molecule has 0 unspecified atom stereocenters. The zero-order valence-electron chi connectivity index (χ0n) is 18.3. The van der Waals surface area contributed by atoms with Gasteiger partial charge in [0.15, 0.2) is 17.3 Å². The highest BCUT2D eigenvalue weighted by molar-refractivity contribution is 9.10. The van der Waals surface area contributed by atoms with Crippen LogP contribution in [0.3, 0.4) is 0 Å². The lowest BCUT2D eigenvalue weighted by Crippen LogP contribution is -2.31. The second kappa shape index (κ2) is 8.92. The molecule has 0 saturated carbocycles. The summed E-state index contributed by atoms with van der Waals surface area (Å²) >= 11 is 3.46. The molecule has 6 nitrogen and oxygen atoms in total. The van der Waals surface area contributed by atoms with E-state index >= 15 is 0 Å². The van der Waals surface area contributed by atoms with E-state index in [1.807, 2.05) is 48.5 Å². The maximum absolute atomic E-state index is 13.0. The number of allylic oxidation sites excluding steroid dienone is 1. The van der Waals surface area contributed by atoms with Gasteiger partial charge < -0.3 is 18.9 Å². The van der Waals surface area contributed by atoms with Gasteiger partial charge in [0.1, 0.15) is 18.2 Å². The van der Waals surface area contributed by atoms with Crippen molar-refractivity contribution in [1.29, 1.82) is 0 Å². The maximum atomic E-state index is 13.0. The molecule has 0 bridgehead atoms. The Kier molecular flexibility index (Phi) is 5.83. The molecule has 7 heteroatoms. The highest BCUT2D eigenvalue weighted by atomic mass is 79.9. The normalized spacial score (nSPS) is 16.1. The molecule has 3 aromatic carbocycles. The summed E-state index contributed by atoms with van der Waals surface area (Å²) < 4.78 is 23.8. The number of Topliss-reactive ketones (excluding diaryl/α,β-unsaturated/α-hetero) is 1. The van der Waals surface area contributed by atoms with Gasteiger partial charge >= 0.3 is 0 Å². The standard InChI is InChI=1S/C26H22BrNO5/c1-30-22-8-6-17(12-23(22)31-2)13-28-14-20-21(32-15-28)9-7-19-25(29)24(33-26(19)20)11-16-4-3-5-18(27)10-16/h3-12H,13-15H2,1-2H3/b24-11-. The molecule has 2 aliphatic rings. The van der Waals surface area contributed by atoms with Crippen LogP contribution in [0.15, 0.2) is 64.8 Å². The average molecular weight is 508 g/mol. The Labute approximate surface area is 200 Å². The van der Waals surface area contributed by atoms with Gasteiger partial charge in [-0.1, -0.05) is 34.1 Å². The first-order chi connectivity index (χ1) is 16.1. The Bertz CT molecular complexity index is 1270. The molecule has 168 valence electrons. The molecule has 2 heterocycles. The quantitative estimate of drug-likeness (QED) is 0.429. The smallest absolute Gasteiger partial charge is 0.231 e. The summed E-state index contributed by atoms with van der Waals surface area (Å²) in [4.78, 5) is 15.1. The van der Waals surface area contributed by atoms with Crippen LogP contribution in [-0.2, 0) is 13.1 Å². The van der Waals surface area contributed by atoms with Crippen molar-refractivity contribution in [3.05, 3.63) is 87.1 Å². The third-order valence-corrected chi connectivity index (χ3v) is 6.18. The minimum absolute atomic E-state index is 0.121. The van der Waals surface area contributed by atoms with Crippen LogP contribution in [0.5, 0.6) is 23.0 Å². The van der Waals surface area contributed by atoms with Gasteiger partial charge in [0.05, 0.1) is 25.3 Å². The van der Waals surface area contributed by atoms with E-state index in [-0.39, 0.29) is 5.78 Å². The Morgan fingerprint density at radius 1 is 1.06 bits per heavy atom. The molecule has 0 radical (unpaired) electrons. The van der Waals surface area contributed by atoms with Gasteiger partial charge in [-0.05, 0) is 53.6 Å². The largest absolute Gasteiger partial charge is 0.493 e. The molecule has 0 saturated heterocycles. The molecule has 5 rings (SSSR count). The van der Waals surface area contributed by atoms with E-state index in [9.17, 15) is 4.79 Å². The van der Waals surface area contributed by atoms with E-state index in [4.69, 9.17) is 18.9 Å². The lowest BCUT2D eigenvalue weighted by Gasteiger charge is -2.29. The van der Waals surface area contributed by atoms with E-state index in [2.05, 4.69) is 20.8 Å². The number of carbonyl (C=O) groups excluding carboxylic acids is 1. The topological polar surface area (TPSA) is 57.2 Å². The fraction of sp³-hybridized carbons (Fsp3) is 0.192. The van der Waals surface area contributed by atoms with Gasteiger partial charge in [-0.2, -0.15) is 0 Å². The van der Waals surface area contributed by atoms with E-state index in [0.717, 1.165) is 26.9 Å². The van der Waals surface area contributed by atoms with Crippen LogP contribution in [0, 0.1) is 0 Å². The number of ether oxygens (including phenoxy) is 4. The molecular weight excluding hydrogens is 486 g/mol. The van der Waals surface area contributed by atoms with Crippen molar-refractivity contribution < 1.29 is 23.7 Å². The van der Waals surface area contributed by atoms with E-state index in [0.29, 0.717) is 48.4 Å². The van der Waals surface area contributed by atoms with Crippen LogP contribution in [0.4, 0.5) is 0 Å². The van der Waals surface area contributed by atoms with Crippen LogP contribution < -0.4 is 18.9 Å². The highest BCUT2D eigenvalue weighted by Crippen LogP contribution is 2.42. The fourth-order valence-corrected chi connectivity index (χ4v) is 4.51. The number of benzene rings is 3. The molecule has 0 atom stereocenters. The van der Waals surface area contributed by atoms with Crippen molar-refractivity contribution in [3.63, 3.8) is 0 Å². The molecule has 0 aromatic heterocycles. The van der Waals surface area contributed by atoms with Crippen LogP contribution >= 0.6 is 15.9 Å². The monoisotopic (exact) mass is 507 g/mol. The number of hydrogen-bond acceptors (Lipinski definition) is 6. The number of rotatable bonds is 5. The average Bonchev–Trinajstić information content (AvgIpc) is 3.14. The molecule has 0 N–H and O–H groups in total. The van der Waals surface area contributed by atoms with Gasteiger partial charge in [0, 0.05) is 17.6 Å². The summed E-state index contributed by atoms with van der Waals surface area (Å²) in [5.41, 5.74) is 3.40. The number of halogens is 1. The molecule has 0 spiro atoms. The molecule has 0 amide bonds. The molecule has 33 heavy (non-hydrogen) atoms.